The van der Waals surface area contributed by atoms with Gasteiger partial charge in [-0.2, -0.15) is 0 Å². The van der Waals surface area contributed by atoms with Gasteiger partial charge >= 0.3 is 0 Å². The molecule has 1 rings (SSSR count). The van der Waals surface area contributed by atoms with Gasteiger partial charge in [-0.05, 0) is 24.1 Å². The molecule has 0 amide bonds. The minimum Gasteiger partial charge on any atom is -0.495 e. The third-order valence-electron chi connectivity index (χ3n) is 2.02. The number of halogens is 1. The van der Waals surface area contributed by atoms with Gasteiger partial charge < -0.3 is 10.5 Å². The van der Waals surface area contributed by atoms with E-state index in [0.29, 0.717) is 10.8 Å². The zero-order valence-electron chi connectivity index (χ0n) is 8.16. The molecule has 2 nitrogen and oxygen atoms in total. The summed E-state index contributed by atoms with van der Waals surface area (Å²) in [5.74, 6) is 0.668. The Morgan fingerprint density at radius 2 is 2.36 bits per heavy atom. The molecule has 0 unspecified atom stereocenters. The zero-order chi connectivity index (χ0) is 10.6. The average molecular weight is 212 g/mol. The molecule has 2 N–H and O–H groups in total. The van der Waals surface area contributed by atoms with Crippen LogP contribution in [-0.4, -0.2) is 7.11 Å². The van der Waals surface area contributed by atoms with Crippen LogP contribution in [0.3, 0.4) is 0 Å². The maximum absolute atomic E-state index is 5.97. The Morgan fingerprint density at radius 1 is 1.64 bits per heavy atom. The number of nitrogens with two attached hydrogens (primary N) is 1. The van der Waals surface area contributed by atoms with Crippen LogP contribution >= 0.6 is 11.6 Å². The van der Waals surface area contributed by atoms with Crippen molar-refractivity contribution in [2.75, 3.05) is 7.11 Å². The first kappa shape index (κ1) is 11.1. The molecule has 3 heteroatoms. The molecule has 0 radical (unpaired) electrons. The number of methoxy groups -OCH3 is 1. The molecule has 0 aliphatic rings. The van der Waals surface area contributed by atoms with Gasteiger partial charge in [0, 0.05) is 6.04 Å². The van der Waals surface area contributed by atoms with Gasteiger partial charge in [0.05, 0.1) is 12.1 Å². The quantitative estimate of drug-likeness (QED) is 0.778. The molecule has 0 saturated carbocycles. The predicted molar refractivity (Wildman–Crippen MR) is 59.7 cm³/mol. The fourth-order valence-corrected chi connectivity index (χ4v) is 1.50. The van der Waals surface area contributed by atoms with E-state index in [2.05, 4.69) is 6.58 Å². The summed E-state index contributed by atoms with van der Waals surface area (Å²) in [4.78, 5) is 0. The number of hydrogen-bond donors (Lipinski definition) is 1. The highest BCUT2D eigenvalue weighted by atomic mass is 35.5. The molecule has 0 fully saturated rings. The summed E-state index contributed by atoms with van der Waals surface area (Å²) in [6.45, 7) is 3.64. The Bertz CT molecular complexity index is 325. The highest BCUT2D eigenvalue weighted by Gasteiger charge is 2.07. The van der Waals surface area contributed by atoms with Crippen LogP contribution in [0, 0.1) is 0 Å². The fraction of sp³-hybridized carbons (Fsp3) is 0.273. The van der Waals surface area contributed by atoms with Crippen LogP contribution in [0.1, 0.15) is 18.0 Å². The lowest BCUT2D eigenvalue weighted by molar-refractivity contribution is 0.414. The Kier molecular flexibility index (Phi) is 3.98. The van der Waals surface area contributed by atoms with Gasteiger partial charge in [0.25, 0.3) is 0 Å². The fourth-order valence-electron chi connectivity index (χ4n) is 1.23. The second kappa shape index (κ2) is 5.03. The SMILES string of the molecule is C=CC[C@@H](N)c1ccc(OC)c(Cl)c1. The van der Waals surface area contributed by atoms with Crippen LogP contribution < -0.4 is 10.5 Å². The minimum atomic E-state index is -0.0455. The van der Waals surface area contributed by atoms with E-state index >= 15 is 0 Å². The topological polar surface area (TPSA) is 35.2 Å². The van der Waals surface area contributed by atoms with Gasteiger partial charge in [0.1, 0.15) is 5.75 Å². The number of benzene rings is 1. The van der Waals surface area contributed by atoms with Crippen molar-refractivity contribution in [1.29, 1.82) is 0 Å². The Labute approximate surface area is 89.3 Å². The normalized spacial score (nSPS) is 12.2. The maximum atomic E-state index is 5.97. The van der Waals surface area contributed by atoms with Crippen molar-refractivity contribution in [3.63, 3.8) is 0 Å². The lowest BCUT2D eigenvalue weighted by Gasteiger charge is -2.11. The molecule has 0 aromatic heterocycles. The molecule has 0 bridgehead atoms. The number of rotatable bonds is 4. The standard InChI is InChI=1S/C11H14ClNO/c1-3-4-10(13)8-5-6-11(14-2)9(12)7-8/h3,5-7,10H,1,4,13H2,2H3/t10-/m1/s1. The van der Waals surface area contributed by atoms with E-state index in [1.807, 2.05) is 18.2 Å². The van der Waals surface area contributed by atoms with E-state index in [0.717, 1.165) is 12.0 Å². The summed E-state index contributed by atoms with van der Waals surface area (Å²) in [5.41, 5.74) is 6.89. The second-order valence-electron chi connectivity index (χ2n) is 3.02. The second-order valence-corrected chi connectivity index (χ2v) is 3.43. The molecule has 0 spiro atoms. The molecule has 76 valence electrons. The third-order valence-corrected chi connectivity index (χ3v) is 2.32. The van der Waals surface area contributed by atoms with Gasteiger partial charge in [-0.1, -0.05) is 23.7 Å². The van der Waals surface area contributed by atoms with Crippen LogP contribution in [0.25, 0.3) is 0 Å². The summed E-state index contributed by atoms with van der Waals surface area (Å²) in [6, 6.07) is 5.52. The van der Waals surface area contributed by atoms with Crippen molar-refractivity contribution in [3.8, 4) is 5.75 Å². The average Bonchev–Trinajstić information content (AvgIpc) is 2.18. The monoisotopic (exact) mass is 211 g/mol. The first-order chi connectivity index (χ1) is 6.69. The van der Waals surface area contributed by atoms with E-state index in [1.54, 1.807) is 13.2 Å². The smallest absolute Gasteiger partial charge is 0.137 e. The van der Waals surface area contributed by atoms with Crippen molar-refractivity contribution in [1.82, 2.24) is 0 Å². The molecule has 0 heterocycles. The maximum Gasteiger partial charge on any atom is 0.137 e. The Hall–Kier alpha value is -0.990. The van der Waals surface area contributed by atoms with Crippen molar-refractivity contribution in [2.24, 2.45) is 5.73 Å². The summed E-state index contributed by atoms with van der Waals surface area (Å²) >= 11 is 5.97. The van der Waals surface area contributed by atoms with Crippen LogP contribution in [0.5, 0.6) is 5.75 Å². The summed E-state index contributed by atoms with van der Waals surface area (Å²) in [6.07, 6.45) is 2.53. The van der Waals surface area contributed by atoms with Gasteiger partial charge in [-0.3, -0.25) is 0 Å². The van der Waals surface area contributed by atoms with Gasteiger partial charge in [0.15, 0.2) is 0 Å². The molecular weight excluding hydrogens is 198 g/mol. The van der Waals surface area contributed by atoms with Crippen LogP contribution in [0.2, 0.25) is 5.02 Å². The largest absolute Gasteiger partial charge is 0.495 e. The van der Waals surface area contributed by atoms with E-state index in [9.17, 15) is 0 Å². The highest BCUT2D eigenvalue weighted by molar-refractivity contribution is 6.32. The van der Waals surface area contributed by atoms with Crippen molar-refractivity contribution in [3.05, 3.63) is 41.4 Å². The number of ether oxygens (including phenoxy) is 1. The summed E-state index contributed by atoms with van der Waals surface area (Å²) in [5, 5.41) is 0.588. The van der Waals surface area contributed by atoms with Crippen LogP contribution in [-0.2, 0) is 0 Å². The molecule has 1 aromatic rings. The van der Waals surface area contributed by atoms with Gasteiger partial charge in [-0.25, -0.2) is 0 Å². The third kappa shape index (κ3) is 2.50. The molecule has 1 atom stereocenters. The molecule has 0 aliphatic heterocycles. The van der Waals surface area contributed by atoms with E-state index in [1.165, 1.54) is 0 Å². The molecule has 0 aliphatic carbocycles. The van der Waals surface area contributed by atoms with Crippen molar-refractivity contribution < 1.29 is 4.74 Å². The number of hydrogen-bond acceptors (Lipinski definition) is 2. The van der Waals surface area contributed by atoms with Crippen molar-refractivity contribution >= 4 is 11.6 Å². The lowest BCUT2D eigenvalue weighted by atomic mass is 10.0. The Balaban J connectivity index is 2.90. The minimum absolute atomic E-state index is 0.0455. The van der Waals surface area contributed by atoms with Gasteiger partial charge in [0.2, 0.25) is 0 Å². The molecule has 14 heavy (non-hydrogen) atoms. The summed E-state index contributed by atoms with van der Waals surface area (Å²) < 4.78 is 5.05. The van der Waals surface area contributed by atoms with E-state index in [4.69, 9.17) is 22.1 Å². The zero-order valence-corrected chi connectivity index (χ0v) is 8.92. The Morgan fingerprint density at radius 3 is 2.86 bits per heavy atom. The lowest BCUT2D eigenvalue weighted by Crippen LogP contribution is -2.08. The predicted octanol–water partition coefficient (Wildman–Crippen LogP) is 2.92. The van der Waals surface area contributed by atoms with E-state index in [-0.39, 0.29) is 6.04 Å². The van der Waals surface area contributed by atoms with Crippen molar-refractivity contribution in [2.45, 2.75) is 12.5 Å². The van der Waals surface area contributed by atoms with Crippen LogP contribution in [0.4, 0.5) is 0 Å². The van der Waals surface area contributed by atoms with Crippen LogP contribution in [0.15, 0.2) is 30.9 Å². The summed E-state index contributed by atoms with van der Waals surface area (Å²) in [7, 11) is 1.59. The first-order valence-corrected chi connectivity index (χ1v) is 4.76. The van der Waals surface area contributed by atoms with E-state index < -0.39 is 0 Å². The first-order valence-electron chi connectivity index (χ1n) is 4.39. The molecule has 0 saturated heterocycles. The van der Waals surface area contributed by atoms with Gasteiger partial charge in [-0.15, -0.1) is 6.58 Å². The molecular formula is C11H14ClNO. The molecule has 1 aromatic carbocycles. The highest BCUT2D eigenvalue weighted by Crippen LogP contribution is 2.27.